The first-order valence-corrected chi connectivity index (χ1v) is 7.43. The molecule has 1 heterocycles. The summed E-state index contributed by atoms with van der Waals surface area (Å²) in [6.07, 6.45) is -0.183. The summed E-state index contributed by atoms with van der Waals surface area (Å²) in [6, 6.07) is 8.00. The minimum Gasteiger partial charge on any atom is -0.374 e. The van der Waals surface area contributed by atoms with E-state index in [1.807, 2.05) is 6.07 Å². The molecule has 1 fully saturated rings. The molecule has 0 aromatic heterocycles. The molecule has 2 N–H and O–H groups in total. The fourth-order valence-electron chi connectivity index (χ4n) is 1.82. The van der Waals surface area contributed by atoms with Crippen molar-refractivity contribution in [2.75, 3.05) is 26.2 Å². The molecule has 19 heavy (non-hydrogen) atoms. The highest BCUT2D eigenvalue weighted by Gasteiger charge is 2.21. The number of benzene rings is 1. The number of sulfonamides is 1. The maximum Gasteiger partial charge on any atom is 0.241 e. The predicted octanol–water partition coefficient (Wildman–Crippen LogP) is -0.175. The van der Waals surface area contributed by atoms with E-state index >= 15 is 0 Å². The Balaban J connectivity index is 2.07. The zero-order valence-corrected chi connectivity index (χ0v) is 11.1. The van der Waals surface area contributed by atoms with Crippen molar-refractivity contribution in [1.82, 2.24) is 10.0 Å². The van der Waals surface area contributed by atoms with Gasteiger partial charge >= 0.3 is 0 Å². The summed E-state index contributed by atoms with van der Waals surface area (Å²) in [5.74, 6) is 0. The molecule has 0 bridgehead atoms. The number of morpholine rings is 1. The molecule has 0 spiro atoms. The van der Waals surface area contributed by atoms with Crippen molar-refractivity contribution in [2.24, 2.45) is 0 Å². The third-order valence-corrected chi connectivity index (χ3v) is 4.28. The predicted molar refractivity (Wildman–Crippen MR) is 69.0 cm³/mol. The smallest absolute Gasteiger partial charge is 0.241 e. The van der Waals surface area contributed by atoms with Crippen LogP contribution in [-0.2, 0) is 14.8 Å². The van der Waals surface area contributed by atoms with Crippen LogP contribution in [0.5, 0.6) is 0 Å². The van der Waals surface area contributed by atoms with Gasteiger partial charge in [-0.3, -0.25) is 0 Å². The van der Waals surface area contributed by atoms with Gasteiger partial charge in [0, 0.05) is 19.6 Å². The van der Waals surface area contributed by atoms with Gasteiger partial charge in [0.15, 0.2) is 0 Å². The average Bonchev–Trinajstić information content (AvgIpc) is 2.46. The van der Waals surface area contributed by atoms with Crippen molar-refractivity contribution in [2.45, 2.75) is 11.0 Å². The first kappa shape index (κ1) is 14.0. The molecule has 0 amide bonds. The number of hydrogen-bond donors (Lipinski definition) is 2. The highest BCUT2D eigenvalue weighted by molar-refractivity contribution is 7.89. The normalized spacial score (nSPS) is 19.8. The van der Waals surface area contributed by atoms with E-state index < -0.39 is 10.0 Å². The second-order valence-electron chi connectivity index (χ2n) is 4.16. The van der Waals surface area contributed by atoms with Crippen LogP contribution < -0.4 is 10.0 Å². The number of ether oxygens (including phenoxy) is 1. The lowest BCUT2D eigenvalue weighted by molar-refractivity contribution is 0.0324. The summed E-state index contributed by atoms with van der Waals surface area (Å²) in [4.78, 5) is 0.00117. The lowest BCUT2D eigenvalue weighted by Crippen LogP contribution is -2.45. The number of rotatable bonds is 4. The molecule has 1 aromatic rings. The molecule has 1 aliphatic rings. The Morgan fingerprint density at radius 1 is 1.47 bits per heavy atom. The van der Waals surface area contributed by atoms with Gasteiger partial charge in [-0.05, 0) is 12.1 Å². The SMILES string of the molecule is N#Cc1ccccc1S(=O)(=O)NCC1CNCCO1. The summed E-state index contributed by atoms with van der Waals surface area (Å²) in [5.41, 5.74) is 0.137. The minimum absolute atomic E-state index is 0.00117. The zero-order chi connectivity index (χ0) is 13.7. The van der Waals surface area contributed by atoms with E-state index in [4.69, 9.17) is 10.00 Å². The van der Waals surface area contributed by atoms with E-state index in [2.05, 4.69) is 10.0 Å². The van der Waals surface area contributed by atoms with Crippen molar-refractivity contribution >= 4 is 10.0 Å². The van der Waals surface area contributed by atoms with Crippen LogP contribution in [-0.4, -0.2) is 40.8 Å². The molecule has 0 saturated carbocycles. The molecule has 7 heteroatoms. The summed E-state index contributed by atoms with van der Waals surface area (Å²) in [5, 5.41) is 12.0. The summed E-state index contributed by atoms with van der Waals surface area (Å²) in [7, 11) is -3.68. The van der Waals surface area contributed by atoms with E-state index in [-0.39, 0.29) is 23.1 Å². The van der Waals surface area contributed by atoms with Crippen molar-refractivity contribution in [3.63, 3.8) is 0 Å². The average molecular weight is 281 g/mol. The van der Waals surface area contributed by atoms with E-state index in [1.54, 1.807) is 12.1 Å². The molecule has 1 aliphatic heterocycles. The molecule has 102 valence electrons. The van der Waals surface area contributed by atoms with Crippen LogP contribution in [0.1, 0.15) is 5.56 Å². The Kier molecular flexibility index (Phi) is 4.50. The van der Waals surface area contributed by atoms with E-state index in [0.29, 0.717) is 13.2 Å². The van der Waals surface area contributed by atoms with Gasteiger partial charge in [0.25, 0.3) is 0 Å². The molecular weight excluding hydrogens is 266 g/mol. The van der Waals surface area contributed by atoms with Crippen LogP contribution in [0.25, 0.3) is 0 Å². The zero-order valence-electron chi connectivity index (χ0n) is 10.3. The number of hydrogen-bond acceptors (Lipinski definition) is 5. The van der Waals surface area contributed by atoms with Gasteiger partial charge in [0.1, 0.15) is 6.07 Å². The molecule has 1 saturated heterocycles. The Hall–Kier alpha value is -1.46. The Morgan fingerprint density at radius 2 is 2.26 bits per heavy atom. The largest absolute Gasteiger partial charge is 0.374 e. The lowest BCUT2D eigenvalue weighted by Gasteiger charge is -2.23. The second-order valence-corrected chi connectivity index (χ2v) is 5.89. The Labute approximate surface area is 112 Å². The first-order chi connectivity index (χ1) is 9.13. The third-order valence-electron chi connectivity index (χ3n) is 2.80. The fraction of sp³-hybridized carbons (Fsp3) is 0.417. The summed E-state index contributed by atoms with van der Waals surface area (Å²) >= 11 is 0. The Bertz CT molecular complexity index is 574. The molecule has 2 rings (SSSR count). The standard InChI is InChI=1S/C12H15N3O3S/c13-7-10-3-1-2-4-12(10)19(16,17)15-9-11-8-14-5-6-18-11/h1-4,11,14-15H,5-6,8-9H2. The van der Waals surface area contributed by atoms with Crippen LogP contribution in [0.4, 0.5) is 0 Å². The lowest BCUT2D eigenvalue weighted by atomic mass is 10.2. The highest BCUT2D eigenvalue weighted by Crippen LogP contribution is 2.14. The van der Waals surface area contributed by atoms with Gasteiger partial charge in [-0.2, -0.15) is 5.26 Å². The van der Waals surface area contributed by atoms with Gasteiger partial charge < -0.3 is 10.1 Å². The van der Waals surface area contributed by atoms with Gasteiger partial charge in [0.2, 0.25) is 10.0 Å². The molecule has 0 radical (unpaired) electrons. The van der Waals surface area contributed by atoms with Crippen LogP contribution in [0.2, 0.25) is 0 Å². The fourth-order valence-corrected chi connectivity index (χ4v) is 3.05. The monoisotopic (exact) mass is 281 g/mol. The van der Waals surface area contributed by atoms with Gasteiger partial charge in [-0.25, -0.2) is 13.1 Å². The van der Waals surface area contributed by atoms with E-state index in [0.717, 1.165) is 6.54 Å². The molecule has 1 atom stereocenters. The van der Waals surface area contributed by atoms with Crippen LogP contribution in [0, 0.1) is 11.3 Å². The second kappa shape index (κ2) is 6.12. The van der Waals surface area contributed by atoms with Crippen molar-refractivity contribution < 1.29 is 13.2 Å². The van der Waals surface area contributed by atoms with Gasteiger partial charge in [-0.1, -0.05) is 12.1 Å². The van der Waals surface area contributed by atoms with Crippen LogP contribution >= 0.6 is 0 Å². The summed E-state index contributed by atoms with van der Waals surface area (Å²) in [6.45, 7) is 2.15. The molecule has 1 unspecified atom stereocenters. The van der Waals surface area contributed by atoms with Crippen molar-refractivity contribution in [1.29, 1.82) is 5.26 Å². The highest BCUT2D eigenvalue weighted by atomic mass is 32.2. The topological polar surface area (TPSA) is 91.2 Å². The van der Waals surface area contributed by atoms with Gasteiger partial charge in [0.05, 0.1) is 23.2 Å². The van der Waals surface area contributed by atoms with Crippen molar-refractivity contribution in [3.05, 3.63) is 29.8 Å². The van der Waals surface area contributed by atoms with Crippen LogP contribution in [0.15, 0.2) is 29.2 Å². The first-order valence-electron chi connectivity index (χ1n) is 5.94. The van der Waals surface area contributed by atoms with E-state index in [9.17, 15) is 8.42 Å². The number of nitriles is 1. The maximum atomic E-state index is 12.1. The van der Waals surface area contributed by atoms with Gasteiger partial charge in [-0.15, -0.1) is 0 Å². The number of nitrogens with zero attached hydrogens (tertiary/aromatic N) is 1. The summed E-state index contributed by atoms with van der Waals surface area (Å²) < 4.78 is 32.1. The molecule has 1 aromatic carbocycles. The quantitative estimate of drug-likeness (QED) is 0.799. The Morgan fingerprint density at radius 3 is 2.95 bits per heavy atom. The van der Waals surface area contributed by atoms with Crippen molar-refractivity contribution in [3.8, 4) is 6.07 Å². The number of nitrogens with one attached hydrogen (secondary N) is 2. The molecule has 6 nitrogen and oxygen atoms in total. The molecular formula is C12H15N3O3S. The minimum atomic E-state index is -3.68. The third kappa shape index (κ3) is 3.52. The maximum absolute atomic E-state index is 12.1. The molecule has 0 aliphatic carbocycles. The van der Waals surface area contributed by atoms with Crippen LogP contribution in [0.3, 0.4) is 0 Å². The van der Waals surface area contributed by atoms with E-state index in [1.165, 1.54) is 12.1 Å².